The van der Waals surface area contributed by atoms with E-state index in [9.17, 15) is 4.79 Å². The van der Waals surface area contributed by atoms with Crippen LogP contribution < -0.4 is 5.32 Å². The van der Waals surface area contributed by atoms with Crippen LogP contribution in [-0.2, 0) is 11.2 Å². The molecule has 1 N–H and O–H groups in total. The SMILES string of the molecule is CC(C)c1ccc(CCNC(=O)C(c2ccccc2)c2ccccc2)cc1. The molecule has 0 aromatic heterocycles. The van der Waals surface area contributed by atoms with Crippen molar-refractivity contribution in [2.75, 3.05) is 6.54 Å². The molecule has 2 nitrogen and oxygen atoms in total. The third kappa shape index (κ3) is 5.07. The fourth-order valence-electron chi connectivity index (χ4n) is 3.29. The Morgan fingerprint density at radius 1 is 0.741 bits per heavy atom. The van der Waals surface area contributed by atoms with Crippen LogP contribution in [0.5, 0.6) is 0 Å². The Labute approximate surface area is 162 Å². The molecule has 3 aromatic carbocycles. The first-order chi connectivity index (χ1) is 13.1. The number of rotatable bonds is 7. The highest BCUT2D eigenvalue weighted by atomic mass is 16.1. The molecular weight excluding hydrogens is 330 g/mol. The summed E-state index contributed by atoms with van der Waals surface area (Å²) in [7, 11) is 0. The van der Waals surface area contributed by atoms with Gasteiger partial charge in [0.15, 0.2) is 0 Å². The largest absolute Gasteiger partial charge is 0.355 e. The maximum absolute atomic E-state index is 13.0. The van der Waals surface area contributed by atoms with Crippen LogP contribution in [0.2, 0.25) is 0 Å². The molecule has 0 radical (unpaired) electrons. The van der Waals surface area contributed by atoms with Crippen molar-refractivity contribution in [3.8, 4) is 0 Å². The van der Waals surface area contributed by atoms with E-state index in [0.717, 1.165) is 17.5 Å². The lowest BCUT2D eigenvalue weighted by Gasteiger charge is -2.18. The molecule has 0 fully saturated rings. The molecule has 3 aromatic rings. The Bertz CT molecular complexity index is 799. The summed E-state index contributed by atoms with van der Waals surface area (Å²) in [5.41, 5.74) is 4.62. The number of carbonyl (C=O) groups is 1. The van der Waals surface area contributed by atoms with E-state index in [4.69, 9.17) is 0 Å². The van der Waals surface area contributed by atoms with Gasteiger partial charge in [-0.3, -0.25) is 4.79 Å². The third-order valence-electron chi connectivity index (χ3n) is 4.89. The summed E-state index contributed by atoms with van der Waals surface area (Å²) in [5.74, 6) is 0.304. The number of carbonyl (C=O) groups excluding carboxylic acids is 1. The lowest BCUT2D eigenvalue weighted by atomic mass is 9.90. The van der Waals surface area contributed by atoms with Crippen molar-refractivity contribution < 1.29 is 4.79 Å². The number of benzene rings is 3. The summed E-state index contributed by atoms with van der Waals surface area (Å²) >= 11 is 0. The fourth-order valence-corrected chi connectivity index (χ4v) is 3.29. The summed E-state index contributed by atoms with van der Waals surface area (Å²) in [6.45, 7) is 5.03. The molecule has 0 aliphatic rings. The molecule has 27 heavy (non-hydrogen) atoms. The number of hydrogen-bond acceptors (Lipinski definition) is 1. The highest BCUT2D eigenvalue weighted by Crippen LogP contribution is 2.24. The van der Waals surface area contributed by atoms with Crippen molar-refractivity contribution in [3.63, 3.8) is 0 Å². The Hall–Kier alpha value is -2.87. The Kier molecular flexibility index (Phi) is 6.43. The Morgan fingerprint density at radius 3 is 1.74 bits per heavy atom. The molecule has 0 saturated carbocycles. The zero-order chi connectivity index (χ0) is 19.1. The zero-order valence-corrected chi connectivity index (χ0v) is 16.1. The second kappa shape index (κ2) is 9.18. The average Bonchev–Trinajstić information content (AvgIpc) is 2.70. The van der Waals surface area contributed by atoms with Crippen LogP contribution in [0.3, 0.4) is 0 Å². The molecule has 0 heterocycles. The number of nitrogens with one attached hydrogen (secondary N) is 1. The summed E-state index contributed by atoms with van der Waals surface area (Å²) in [6, 6.07) is 28.6. The van der Waals surface area contributed by atoms with Gasteiger partial charge in [0.1, 0.15) is 0 Å². The van der Waals surface area contributed by atoms with Gasteiger partial charge in [-0.25, -0.2) is 0 Å². The highest BCUT2D eigenvalue weighted by molar-refractivity contribution is 5.87. The van der Waals surface area contributed by atoms with Gasteiger partial charge in [0.05, 0.1) is 5.92 Å². The van der Waals surface area contributed by atoms with E-state index in [-0.39, 0.29) is 11.8 Å². The normalized spacial score (nSPS) is 11.0. The van der Waals surface area contributed by atoms with Gasteiger partial charge < -0.3 is 5.32 Å². The minimum absolute atomic E-state index is 0.0474. The van der Waals surface area contributed by atoms with Crippen LogP contribution in [0.4, 0.5) is 0 Å². The molecule has 3 rings (SSSR count). The van der Waals surface area contributed by atoms with Crippen molar-refractivity contribution in [2.24, 2.45) is 0 Å². The van der Waals surface area contributed by atoms with Crippen LogP contribution >= 0.6 is 0 Å². The van der Waals surface area contributed by atoms with E-state index >= 15 is 0 Å². The molecule has 0 aliphatic heterocycles. The molecule has 0 bridgehead atoms. The van der Waals surface area contributed by atoms with E-state index in [1.54, 1.807) is 0 Å². The third-order valence-corrected chi connectivity index (χ3v) is 4.89. The van der Waals surface area contributed by atoms with E-state index < -0.39 is 0 Å². The Morgan fingerprint density at radius 2 is 1.26 bits per heavy atom. The molecule has 0 aliphatic carbocycles. The molecule has 0 unspecified atom stereocenters. The van der Waals surface area contributed by atoms with Crippen molar-refractivity contribution in [2.45, 2.75) is 32.1 Å². The summed E-state index contributed by atoms with van der Waals surface area (Å²) in [5, 5.41) is 3.13. The van der Waals surface area contributed by atoms with Gasteiger partial charge >= 0.3 is 0 Å². The van der Waals surface area contributed by atoms with Crippen LogP contribution in [0.15, 0.2) is 84.9 Å². The van der Waals surface area contributed by atoms with E-state index in [0.29, 0.717) is 12.5 Å². The molecular formula is C25H27NO. The predicted octanol–water partition coefficient (Wildman–Crippen LogP) is 5.30. The first-order valence-corrected chi connectivity index (χ1v) is 9.61. The standard InChI is InChI=1S/C25H27NO/c1-19(2)21-15-13-20(14-16-21)17-18-26-25(27)24(22-9-5-3-6-10-22)23-11-7-4-8-12-23/h3-16,19,24H,17-18H2,1-2H3,(H,26,27). The molecule has 2 heteroatoms. The van der Waals surface area contributed by atoms with E-state index in [1.165, 1.54) is 11.1 Å². The van der Waals surface area contributed by atoms with Gasteiger partial charge in [-0.2, -0.15) is 0 Å². The summed E-state index contributed by atoms with van der Waals surface area (Å²) < 4.78 is 0. The lowest BCUT2D eigenvalue weighted by molar-refractivity contribution is -0.121. The van der Waals surface area contributed by atoms with Crippen molar-refractivity contribution in [3.05, 3.63) is 107 Å². The van der Waals surface area contributed by atoms with Crippen LogP contribution in [-0.4, -0.2) is 12.5 Å². The van der Waals surface area contributed by atoms with Gasteiger partial charge in [-0.05, 0) is 34.6 Å². The monoisotopic (exact) mass is 357 g/mol. The van der Waals surface area contributed by atoms with Crippen LogP contribution in [0.25, 0.3) is 0 Å². The van der Waals surface area contributed by atoms with Gasteiger partial charge in [-0.15, -0.1) is 0 Å². The van der Waals surface area contributed by atoms with Crippen molar-refractivity contribution in [1.82, 2.24) is 5.32 Å². The number of hydrogen-bond donors (Lipinski definition) is 1. The van der Waals surface area contributed by atoms with Gasteiger partial charge in [0.25, 0.3) is 0 Å². The molecule has 1 amide bonds. The van der Waals surface area contributed by atoms with Gasteiger partial charge in [0.2, 0.25) is 5.91 Å². The first-order valence-electron chi connectivity index (χ1n) is 9.61. The van der Waals surface area contributed by atoms with Crippen molar-refractivity contribution in [1.29, 1.82) is 0 Å². The van der Waals surface area contributed by atoms with E-state index in [2.05, 4.69) is 43.4 Å². The predicted molar refractivity (Wildman–Crippen MR) is 112 cm³/mol. The van der Waals surface area contributed by atoms with Crippen molar-refractivity contribution >= 4 is 5.91 Å². The highest BCUT2D eigenvalue weighted by Gasteiger charge is 2.21. The van der Waals surface area contributed by atoms with Gasteiger partial charge in [0, 0.05) is 6.54 Å². The fraction of sp³-hybridized carbons (Fsp3) is 0.240. The molecule has 0 atom stereocenters. The average molecular weight is 357 g/mol. The minimum atomic E-state index is -0.282. The zero-order valence-electron chi connectivity index (χ0n) is 16.1. The summed E-state index contributed by atoms with van der Waals surface area (Å²) in [6.07, 6.45) is 0.834. The minimum Gasteiger partial charge on any atom is -0.355 e. The van der Waals surface area contributed by atoms with E-state index in [1.807, 2.05) is 60.7 Å². The first kappa shape index (κ1) is 18.9. The van der Waals surface area contributed by atoms with Crippen LogP contribution in [0, 0.1) is 0 Å². The van der Waals surface area contributed by atoms with Gasteiger partial charge in [-0.1, -0.05) is 98.8 Å². The summed E-state index contributed by atoms with van der Waals surface area (Å²) in [4.78, 5) is 13.0. The maximum atomic E-state index is 13.0. The Balaban J connectivity index is 1.66. The molecule has 0 spiro atoms. The maximum Gasteiger partial charge on any atom is 0.232 e. The lowest BCUT2D eigenvalue weighted by Crippen LogP contribution is -2.31. The quantitative estimate of drug-likeness (QED) is 0.611. The molecule has 138 valence electrons. The number of amides is 1. The van der Waals surface area contributed by atoms with Crippen LogP contribution in [0.1, 0.15) is 47.9 Å². The second-order valence-electron chi connectivity index (χ2n) is 7.19. The smallest absolute Gasteiger partial charge is 0.232 e. The second-order valence-corrected chi connectivity index (χ2v) is 7.19. The molecule has 0 saturated heterocycles. The topological polar surface area (TPSA) is 29.1 Å².